The minimum atomic E-state index is 0.00522. The van der Waals surface area contributed by atoms with Crippen molar-refractivity contribution in [3.63, 3.8) is 0 Å². The minimum Gasteiger partial charge on any atom is -0.491 e. The average molecular weight is 372 g/mol. The summed E-state index contributed by atoms with van der Waals surface area (Å²) in [5.74, 6) is 0.909. The Morgan fingerprint density at radius 1 is 1.08 bits per heavy atom. The number of thioether (sulfide) groups is 1. The fourth-order valence-corrected chi connectivity index (χ4v) is 3.60. The van der Waals surface area contributed by atoms with E-state index in [-0.39, 0.29) is 12.0 Å². The van der Waals surface area contributed by atoms with Gasteiger partial charge in [-0.3, -0.25) is 4.79 Å². The lowest BCUT2D eigenvalue weighted by molar-refractivity contribution is 0.0950. The molecule has 0 aliphatic rings. The van der Waals surface area contributed by atoms with E-state index < -0.39 is 0 Å². The van der Waals surface area contributed by atoms with Crippen LogP contribution in [0.2, 0.25) is 0 Å². The topological polar surface area (TPSA) is 38.3 Å². The van der Waals surface area contributed by atoms with Crippen molar-refractivity contribution in [2.24, 2.45) is 0 Å². The third kappa shape index (κ3) is 6.75. The molecule has 3 nitrogen and oxygen atoms in total. The van der Waals surface area contributed by atoms with Gasteiger partial charge in [0.05, 0.1) is 11.7 Å². The lowest BCUT2D eigenvalue weighted by atomic mass is 10.1. The van der Waals surface area contributed by atoms with Gasteiger partial charge in [0.15, 0.2) is 0 Å². The first kappa shape index (κ1) is 20.4. The quantitative estimate of drug-likeness (QED) is 0.478. The van der Waals surface area contributed by atoms with Gasteiger partial charge < -0.3 is 10.1 Å². The molecule has 0 bridgehead atoms. The predicted octanol–water partition coefficient (Wildman–Crippen LogP) is 5.34. The predicted molar refractivity (Wildman–Crippen MR) is 110 cm³/mol. The molecule has 2 aromatic carbocycles. The second-order valence-corrected chi connectivity index (χ2v) is 8.45. The summed E-state index contributed by atoms with van der Waals surface area (Å²) in [7, 11) is 0. The van der Waals surface area contributed by atoms with E-state index in [1.807, 2.05) is 50.2 Å². The van der Waals surface area contributed by atoms with Crippen LogP contribution < -0.4 is 10.1 Å². The zero-order valence-electron chi connectivity index (χ0n) is 16.1. The molecule has 0 radical (unpaired) electrons. The molecule has 1 N–H and O–H groups in total. The van der Waals surface area contributed by atoms with Crippen LogP contribution in [0.3, 0.4) is 0 Å². The summed E-state index contributed by atoms with van der Waals surface area (Å²) in [5, 5.41) is 3.49. The number of hydrogen-bond donors (Lipinski definition) is 1. The van der Waals surface area contributed by atoms with Crippen LogP contribution in [-0.2, 0) is 6.42 Å². The van der Waals surface area contributed by atoms with Gasteiger partial charge in [0.2, 0.25) is 0 Å². The van der Waals surface area contributed by atoms with Crippen LogP contribution in [0.5, 0.6) is 5.75 Å². The molecule has 2 aromatic rings. The maximum absolute atomic E-state index is 12.5. The summed E-state index contributed by atoms with van der Waals surface area (Å²) < 4.78 is 5.73. The molecule has 0 aromatic heterocycles. The molecule has 4 heteroatoms. The largest absolute Gasteiger partial charge is 0.491 e. The van der Waals surface area contributed by atoms with Gasteiger partial charge in [-0.2, -0.15) is 0 Å². The van der Waals surface area contributed by atoms with Crippen molar-refractivity contribution in [3.8, 4) is 5.75 Å². The van der Waals surface area contributed by atoms with Gasteiger partial charge in [0.25, 0.3) is 5.91 Å². The fourth-order valence-electron chi connectivity index (χ4n) is 2.65. The molecular formula is C22H29NO2S. The van der Waals surface area contributed by atoms with Gasteiger partial charge >= 0.3 is 0 Å². The van der Waals surface area contributed by atoms with Crippen LogP contribution in [0.4, 0.5) is 0 Å². The third-order valence-corrected chi connectivity index (χ3v) is 4.77. The van der Waals surface area contributed by atoms with E-state index >= 15 is 0 Å². The van der Waals surface area contributed by atoms with Gasteiger partial charge in [0, 0.05) is 16.7 Å². The monoisotopic (exact) mass is 371 g/mol. The van der Waals surface area contributed by atoms with E-state index in [0.29, 0.717) is 11.8 Å². The fraction of sp³-hybridized carbons (Fsp3) is 0.409. The van der Waals surface area contributed by atoms with E-state index in [1.54, 1.807) is 11.8 Å². The summed E-state index contributed by atoms with van der Waals surface area (Å²) in [6.45, 7) is 8.98. The van der Waals surface area contributed by atoms with E-state index in [1.165, 1.54) is 5.56 Å². The Morgan fingerprint density at radius 2 is 1.85 bits per heavy atom. The summed E-state index contributed by atoms with van der Waals surface area (Å²) in [4.78, 5) is 13.5. The molecule has 0 fully saturated rings. The Kier molecular flexibility index (Phi) is 8.05. The summed E-state index contributed by atoms with van der Waals surface area (Å²) >= 11 is 1.72. The summed E-state index contributed by atoms with van der Waals surface area (Å²) in [6, 6.07) is 16.0. The highest BCUT2D eigenvalue weighted by molar-refractivity contribution is 8.00. The van der Waals surface area contributed by atoms with Crippen molar-refractivity contribution in [2.45, 2.75) is 56.8 Å². The highest BCUT2D eigenvalue weighted by atomic mass is 32.2. The highest BCUT2D eigenvalue weighted by Gasteiger charge is 2.11. The van der Waals surface area contributed by atoms with Crippen LogP contribution in [0.15, 0.2) is 53.4 Å². The van der Waals surface area contributed by atoms with Gasteiger partial charge in [-0.1, -0.05) is 38.1 Å². The van der Waals surface area contributed by atoms with Crippen molar-refractivity contribution in [1.82, 2.24) is 5.32 Å². The Balaban J connectivity index is 1.84. The molecule has 140 valence electrons. The maximum atomic E-state index is 12.5. The first-order chi connectivity index (χ1) is 12.5. The maximum Gasteiger partial charge on any atom is 0.252 e. The molecule has 0 heterocycles. The number of rotatable bonds is 9. The standard InChI is InChI=1S/C22H29NO2S/c1-16(2)25-19-11-7-9-18(15-19)10-8-14-23-22(24)20-12-5-6-13-21(20)26-17(3)4/h5-7,9,11-13,15-17H,8,10,14H2,1-4H3,(H,23,24). The molecule has 0 unspecified atom stereocenters. The summed E-state index contributed by atoms with van der Waals surface area (Å²) in [6.07, 6.45) is 1.99. The van der Waals surface area contributed by atoms with Crippen LogP contribution >= 0.6 is 11.8 Å². The van der Waals surface area contributed by atoms with Crippen LogP contribution in [0, 0.1) is 0 Å². The molecule has 0 atom stereocenters. The number of aryl methyl sites for hydroxylation is 1. The number of carbonyl (C=O) groups excluding carboxylic acids is 1. The van der Waals surface area contributed by atoms with Crippen molar-refractivity contribution in [2.75, 3.05) is 6.54 Å². The zero-order chi connectivity index (χ0) is 18.9. The number of carbonyl (C=O) groups is 1. The number of ether oxygens (including phenoxy) is 1. The van der Waals surface area contributed by atoms with E-state index in [0.717, 1.165) is 29.1 Å². The molecule has 0 aliphatic carbocycles. The van der Waals surface area contributed by atoms with Gasteiger partial charge in [-0.05, 0) is 56.5 Å². The van der Waals surface area contributed by atoms with E-state index in [4.69, 9.17) is 4.74 Å². The smallest absolute Gasteiger partial charge is 0.252 e. The van der Waals surface area contributed by atoms with Gasteiger partial charge in [-0.25, -0.2) is 0 Å². The molecular weight excluding hydrogens is 342 g/mol. The molecule has 2 rings (SSSR count). The average Bonchev–Trinajstić information content (AvgIpc) is 2.58. The van der Waals surface area contributed by atoms with Crippen LogP contribution in [-0.4, -0.2) is 23.8 Å². The Bertz CT molecular complexity index is 713. The van der Waals surface area contributed by atoms with Crippen molar-refractivity contribution in [1.29, 1.82) is 0 Å². The number of nitrogens with one attached hydrogen (secondary N) is 1. The second kappa shape index (κ2) is 10.3. The molecule has 0 saturated carbocycles. The van der Waals surface area contributed by atoms with Crippen LogP contribution in [0.25, 0.3) is 0 Å². The van der Waals surface area contributed by atoms with Crippen molar-refractivity contribution in [3.05, 3.63) is 59.7 Å². The molecule has 0 saturated heterocycles. The van der Waals surface area contributed by atoms with Crippen LogP contribution in [0.1, 0.15) is 50.0 Å². The van der Waals surface area contributed by atoms with Crippen molar-refractivity contribution < 1.29 is 9.53 Å². The minimum absolute atomic E-state index is 0.00522. The number of hydrogen-bond acceptors (Lipinski definition) is 3. The molecule has 0 spiro atoms. The third-order valence-electron chi connectivity index (χ3n) is 3.69. The Hall–Kier alpha value is -1.94. The molecule has 26 heavy (non-hydrogen) atoms. The Morgan fingerprint density at radius 3 is 2.58 bits per heavy atom. The molecule has 1 amide bonds. The zero-order valence-corrected chi connectivity index (χ0v) is 16.9. The SMILES string of the molecule is CC(C)Oc1cccc(CCCNC(=O)c2ccccc2SC(C)C)c1. The van der Waals surface area contributed by atoms with Gasteiger partial charge in [0.1, 0.15) is 5.75 Å². The normalized spacial score (nSPS) is 11.0. The van der Waals surface area contributed by atoms with Crippen molar-refractivity contribution >= 4 is 17.7 Å². The highest BCUT2D eigenvalue weighted by Crippen LogP contribution is 2.26. The second-order valence-electron chi connectivity index (χ2n) is 6.84. The van der Waals surface area contributed by atoms with E-state index in [9.17, 15) is 4.79 Å². The van der Waals surface area contributed by atoms with Gasteiger partial charge in [-0.15, -0.1) is 11.8 Å². The lowest BCUT2D eigenvalue weighted by Crippen LogP contribution is -2.25. The first-order valence-corrected chi connectivity index (χ1v) is 10.1. The number of amides is 1. The van der Waals surface area contributed by atoms with E-state index in [2.05, 4.69) is 31.3 Å². The Labute approximate surface area is 161 Å². The first-order valence-electron chi connectivity index (χ1n) is 9.25. The lowest BCUT2D eigenvalue weighted by Gasteiger charge is -2.12. The number of benzene rings is 2. The molecule has 0 aliphatic heterocycles. The summed E-state index contributed by atoms with van der Waals surface area (Å²) in [5.41, 5.74) is 1.99.